The summed E-state index contributed by atoms with van der Waals surface area (Å²) in [5.41, 5.74) is 0.304. The monoisotopic (exact) mass is 433 g/mol. The maximum absolute atomic E-state index is 13.4. The second-order valence-corrected chi connectivity index (χ2v) is 9.77. The van der Waals surface area contributed by atoms with Gasteiger partial charge in [-0.05, 0) is 63.3 Å². The number of carbonyl (C=O) groups is 1. The molecule has 1 amide bonds. The fourth-order valence-electron chi connectivity index (χ4n) is 4.21. The third kappa shape index (κ3) is 4.22. The summed E-state index contributed by atoms with van der Waals surface area (Å²) in [5, 5.41) is 3.87. The van der Waals surface area contributed by atoms with Gasteiger partial charge in [-0.15, -0.1) is 0 Å². The largest absolute Gasteiger partial charge is 0.465 e. The normalized spacial score (nSPS) is 21.4. The lowest BCUT2D eigenvalue weighted by Gasteiger charge is -2.35. The Morgan fingerprint density at radius 2 is 1.97 bits per heavy atom. The third-order valence-electron chi connectivity index (χ3n) is 5.77. The third-order valence-corrected chi connectivity index (χ3v) is 7.80. The quantitative estimate of drug-likeness (QED) is 0.719. The van der Waals surface area contributed by atoms with Crippen LogP contribution in [0.15, 0.2) is 32.2 Å². The number of carbonyl (C=O) groups excluding carboxylic acids is 1. The minimum Gasteiger partial charge on any atom is -0.465 e. The van der Waals surface area contributed by atoms with Crippen molar-refractivity contribution in [1.82, 2.24) is 14.4 Å². The summed E-state index contributed by atoms with van der Waals surface area (Å²) in [4.78, 5) is 14.9. The zero-order chi connectivity index (χ0) is 21.1. The number of rotatable bonds is 5. The number of hydrogen-bond donors (Lipinski definition) is 0. The molecule has 2 fully saturated rings. The molecule has 0 bridgehead atoms. The number of piperidine rings is 2. The Balaban J connectivity index is 1.54. The smallest absolute Gasteiger partial charge is 0.248 e. The Morgan fingerprint density at radius 1 is 1.17 bits per heavy atom. The first-order valence-corrected chi connectivity index (χ1v) is 11.9. The van der Waals surface area contributed by atoms with Crippen LogP contribution in [0.25, 0.3) is 12.2 Å². The van der Waals surface area contributed by atoms with E-state index in [1.807, 2.05) is 4.90 Å². The molecule has 0 saturated carbocycles. The zero-order valence-electron chi connectivity index (χ0n) is 17.1. The van der Waals surface area contributed by atoms with Crippen molar-refractivity contribution in [3.8, 4) is 0 Å². The Labute approximate surface area is 176 Å². The molecule has 0 radical (unpaired) electrons. The molecule has 9 heteroatoms. The first-order valence-electron chi connectivity index (χ1n) is 10.4. The molecular formula is C21H27N3O5S. The van der Waals surface area contributed by atoms with Crippen LogP contribution in [0.4, 0.5) is 0 Å². The van der Waals surface area contributed by atoms with Crippen molar-refractivity contribution in [1.29, 1.82) is 0 Å². The van der Waals surface area contributed by atoms with E-state index in [2.05, 4.69) is 5.16 Å². The summed E-state index contributed by atoms with van der Waals surface area (Å²) in [6.45, 7) is 3.74. The SMILES string of the molecule is Cc1noc(/C=C/c2ccco2)c1S(=O)(=O)N1CCC[C@H](C(=O)N2CCCCC2)C1. The number of amides is 1. The molecule has 1 atom stereocenters. The van der Waals surface area contributed by atoms with Crippen molar-refractivity contribution >= 4 is 28.1 Å². The highest BCUT2D eigenvalue weighted by Crippen LogP contribution is 2.30. The first-order chi connectivity index (χ1) is 14.5. The van der Waals surface area contributed by atoms with Crippen molar-refractivity contribution in [3.63, 3.8) is 0 Å². The molecule has 2 aromatic heterocycles. The Bertz CT molecular complexity index is 1000. The molecule has 0 N–H and O–H groups in total. The minimum atomic E-state index is -3.84. The van der Waals surface area contributed by atoms with E-state index in [4.69, 9.17) is 8.94 Å². The molecule has 0 spiro atoms. The second-order valence-electron chi connectivity index (χ2n) is 7.90. The predicted octanol–water partition coefficient (Wildman–Crippen LogP) is 3.16. The molecule has 0 aromatic carbocycles. The molecule has 2 aromatic rings. The highest BCUT2D eigenvalue weighted by Gasteiger charge is 2.38. The van der Waals surface area contributed by atoms with Gasteiger partial charge in [0.1, 0.15) is 11.5 Å². The minimum absolute atomic E-state index is 0.0522. The molecule has 0 unspecified atom stereocenters. The summed E-state index contributed by atoms with van der Waals surface area (Å²) < 4.78 is 38.8. The van der Waals surface area contributed by atoms with Gasteiger partial charge in [0.25, 0.3) is 0 Å². The van der Waals surface area contributed by atoms with Gasteiger partial charge in [0.15, 0.2) is 10.7 Å². The van der Waals surface area contributed by atoms with Crippen LogP contribution in [0.2, 0.25) is 0 Å². The van der Waals surface area contributed by atoms with Gasteiger partial charge in [-0.3, -0.25) is 4.79 Å². The van der Waals surface area contributed by atoms with E-state index in [-0.39, 0.29) is 29.0 Å². The molecule has 162 valence electrons. The van der Waals surface area contributed by atoms with Crippen LogP contribution in [0.1, 0.15) is 49.3 Å². The summed E-state index contributed by atoms with van der Waals surface area (Å²) in [6.07, 6.45) is 9.29. The standard InChI is InChI=1S/C21H27N3O5S/c1-16-20(19(29-22-16)10-9-18-8-6-14-28-18)30(26,27)24-13-5-7-17(15-24)21(25)23-11-3-2-4-12-23/h6,8-10,14,17H,2-5,7,11-13,15H2,1H3/b10-9+/t17-/m0/s1. The van der Waals surface area contributed by atoms with Crippen molar-refractivity contribution in [2.24, 2.45) is 5.92 Å². The van der Waals surface area contributed by atoms with Crippen molar-refractivity contribution in [2.45, 2.75) is 43.9 Å². The van der Waals surface area contributed by atoms with Crippen LogP contribution in [-0.2, 0) is 14.8 Å². The lowest BCUT2D eigenvalue weighted by atomic mass is 9.97. The van der Waals surface area contributed by atoms with E-state index in [0.29, 0.717) is 24.4 Å². The molecule has 2 aliphatic heterocycles. The predicted molar refractivity (Wildman–Crippen MR) is 111 cm³/mol. The fraction of sp³-hybridized carbons (Fsp3) is 0.524. The Kier molecular flexibility index (Phi) is 6.10. The summed E-state index contributed by atoms with van der Waals surface area (Å²) in [5.74, 6) is 0.523. The number of furan rings is 1. The summed E-state index contributed by atoms with van der Waals surface area (Å²) >= 11 is 0. The number of aryl methyl sites for hydroxylation is 1. The Morgan fingerprint density at radius 3 is 2.70 bits per heavy atom. The van der Waals surface area contributed by atoms with Gasteiger partial charge in [-0.25, -0.2) is 8.42 Å². The van der Waals surface area contributed by atoms with E-state index in [1.165, 1.54) is 10.6 Å². The van der Waals surface area contributed by atoms with E-state index < -0.39 is 10.0 Å². The maximum atomic E-state index is 13.4. The van der Waals surface area contributed by atoms with E-state index in [1.54, 1.807) is 31.2 Å². The lowest BCUT2D eigenvalue weighted by Crippen LogP contribution is -2.48. The van der Waals surface area contributed by atoms with Crippen molar-refractivity contribution < 1.29 is 22.2 Å². The van der Waals surface area contributed by atoms with Crippen LogP contribution in [-0.4, -0.2) is 54.9 Å². The molecule has 0 aliphatic carbocycles. The van der Waals surface area contributed by atoms with Gasteiger partial charge in [0, 0.05) is 26.2 Å². The number of hydrogen-bond acceptors (Lipinski definition) is 6. The highest BCUT2D eigenvalue weighted by atomic mass is 32.2. The molecule has 30 heavy (non-hydrogen) atoms. The topological polar surface area (TPSA) is 96.9 Å². The van der Waals surface area contributed by atoms with Crippen molar-refractivity contribution in [2.75, 3.05) is 26.2 Å². The fourth-order valence-corrected chi connectivity index (χ4v) is 5.98. The van der Waals surface area contributed by atoms with Crippen LogP contribution in [0.3, 0.4) is 0 Å². The Hall–Kier alpha value is -2.39. The second kappa shape index (κ2) is 8.77. The van der Waals surface area contributed by atoms with Gasteiger partial charge in [0.05, 0.1) is 12.2 Å². The van der Waals surface area contributed by atoms with E-state index in [9.17, 15) is 13.2 Å². The average molecular weight is 434 g/mol. The van der Waals surface area contributed by atoms with E-state index in [0.717, 1.165) is 38.8 Å². The molecule has 2 saturated heterocycles. The van der Waals surface area contributed by atoms with Gasteiger partial charge in [-0.1, -0.05) is 5.16 Å². The molecule has 2 aliphatic rings. The highest BCUT2D eigenvalue weighted by molar-refractivity contribution is 7.89. The number of likely N-dealkylation sites (tertiary alicyclic amines) is 1. The van der Waals surface area contributed by atoms with Gasteiger partial charge < -0.3 is 13.8 Å². The first kappa shape index (κ1) is 20.9. The van der Waals surface area contributed by atoms with Crippen LogP contribution >= 0.6 is 0 Å². The van der Waals surface area contributed by atoms with Crippen LogP contribution in [0.5, 0.6) is 0 Å². The summed E-state index contributed by atoms with van der Waals surface area (Å²) in [7, 11) is -3.84. The molecule has 8 nitrogen and oxygen atoms in total. The van der Waals surface area contributed by atoms with Crippen LogP contribution < -0.4 is 0 Å². The van der Waals surface area contributed by atoms with Gasteiger partial charge in [-0.2, -0.15) is 4.31 Å². The van der Waals surface area contributed by atoms with Crippen LogP contribution in [0, 0.1) is 12.8 Å². The molecule has 4 heterocycles. The number of sulfonamides is 1. The van der Waals surface area contributed by atoms with Gasteiger partial charge in [0.2, 0.25) is 15.9 Å². The van der Waals surface area contributed by atoms with E-state index >= 15 is 0 Å². The number of nitrogens with zero attached hydrogens (tertiary/aromatic N) is 3. The molecular weight excluding hydrogens is 406 g/mol. The zero-order valence-corrected chi connectivity index (χ0v) is 17.9. The lowest BCUT2D eigenvalue weighted by molar-refractivity contribution is -0.137. The van der Waals surface area contributed by atoms with Gasteiger partial charge >= 0.3 is 0 Å². The molecule has 4 rings (SSSR count). The summed E-state index contributed by atoms with van der Waals surface area (Å²) in [6, 6.07) is 3.51. The maximum Gasteiger partial charge on any atom is 0.248 e. The van der Waals surface area contributed by atoms with Crippen molar-refractivity contribution in [3.05, 3.63) is 35.6 Å². The average Bonchev–Trinajstić information content (AvgIpc) is 3.42. The number of aromatic nitrogens is 1.